The molecule has 0 saturated carbocycles. The van der Waals surface area contributed by atoms with E-state index in [4.69, 9.17) is 9.47 Å². The van der Waals surface area contributed by atoms with E-state index in [9.17, 15) is 14.9 Å². The van der Waals surface area contributed by atoms with Gasteiger partial charge in [0.15, 0.2) is 0 Å². The summed E-state index contributed by atoms with van der Waals surface area (Å²) in [6, 6.07) is 3.98. The highest BCUT2D eigenvalue weighted by Gasteiger charge is 2.27. The highest BCUT2D eigenvalue weighted by Crippen LogP contribution is 2.38. The van der Waals surface area contributed by atoms with Crippen molar-refractivity contribution in [2.45, 2.75) is 51.2 Å². The van der Waals surface area contributed by atoms with Gasteiger partial charge in [0.25, 0.3) is 0 Å². The quantitative estimate of drug-likeness (QED) is 0.465. The lowest BCUT2D eigenvalue weighted by molar-refractivity contribution is -0.113. The number of esters is 1. The van der Waals surface area contributed by atoms with Crippen LogP contribution in [0.1, 0.15) is 57.4 Å². The fourth-order valence-corrected chi connectivity index (χ4v) is 5.74. The summed E-state index contributed by atoms with van der Waals surface area (Å²) in [6.07, 6.45) is 3.85. The first kappa shape index (κ1) is 23.3. The Kier molecular flexibility index (Phi) is 8.07. The van der Waals surface area contributed by atoms with E-state index < -0.39 is 0 Å². The number of ether oxygens (including phenoxy) is 2. The highest BCUT2D eigenvalue weighted by molar-refractivity contribution is 8.00. The third-order valence-corrected chi connectivity index (χ3v) is 7.03. The van der Waals surface area contributed by atoms with E-state index in [1.54, 1.807) is 14.0 Å². The standard InChI is InChI=1S/C22H25N3O4S2/c1-4-29-22(27)19-15-7-5-6-8-17(15)31-21(19)25-18(26)12-30-20-16(10-23)14(11-28-3)9-13(2)24-20/h9H,4-8,11-12H2,1-3H3,(H,25,26). The van der Waals surface area contributed by atoms with Gasteiger partial charge in [0.1, 0.15) is 16.1 Å². The molecule has 2 aromatic heterocycles. The van der Waals surface area contributed by atoms with Gasteiger partial charge < -0.3 is 14.8 Å². The van der Waals surface area contributed by atoms with Crippen LogP contribution in [0, 0.1) is 18.3 Å². The predicted octanol–water partition coefficient (Wildman–Crippen LogP) is 4.26. The van der Waals surface area contributed by atoms with Crippen LogP contribution in [-0.2, 0) is 33.7 Å². The number of aryl methyl sites for hydroxylation is 2. The third-order valence-electron chi connectivity index (χ3n) is 4.85. The summed E-state index contributed by atoms with van der Waals surface area (Å²) < 4.78 is 10.4. The largest absolute Gasteiger partial charge is 0.462 e. The van der Waals surface area contributed by atoms with Crippen molar-refractivity contribution in [2.24, 2.45) is 0 Å². The number of rotatable bonds is 8. The number of pyridine rings is 1. The Hall–Kier alpha value is -2.41. The lowest BCUT2D eigenvalue weighted by Gasteiger charge is -2.12. The van der Waals surface area contributed by atoms with Crippen molar-refractivity contribution in [3.05, 3.63) is 38.9 Å². The third kappa shape index (κ3) is 5.45. The predicted molar refractivity (Wildman–Crippen MR) is 121 cm³/mol. The molecule has 0 aliphatic heterocycles. The first-order chi connectivity index (χ1) is 15.0. The zero-order valence-corrected chi connectivity index (χ0v) is 19.5. The summed E-state index contributed by atoms with van der Waals surface area (Å²) in [7, 11) is 1.57. The average molecular weight is 460 g/mol. The summed E-state index contributed by atoms with van der Waals surface area (Å²) in [6.45, 7) is 4.19. The van der Waals surface area contributed by atoms with Gasteiger partial charge in [-0.3, -0.25) is 4.79 Å². The van der Waals surface area contributed by atoms with Crippen LogP contribution in [0.4, 0.5) is 5.00 Å². The first-order valence-corrected chi connectivity index (χ1v) is 11.9. The number of hydrogen-bond donors (Lipinski definition) is 1. The maximum atomic E-state index is 12.7. The number of nitrogens with zero attached hydrogens (tertiary/aromatic N) is 2. The molecule has 0 bridgehead atoms. The second-order valence-corrected chi connectivity index (χ2v) is 9.19. The van der Waals surface area contributed by atoms with E-state index in [1.165, 1.54) is 23.1 Å². The molecule has 0 saturated heterocycles. The van der Waals surface area contributed by atoms with Crippen LogP contribution in [-0.4, -0.2) is 36.3 Å². The van der Waals surface area contributed by atoms with Crippen molar-refractivity contribution in [3.8, 4) is 6.07 Å². The molecule has 0 spiro atoms. The molecule has 0 fully saturated rings. The Balaban J connectivity index is 1.77. The molecule has 0 radical (unpaired) electrons. The Labute approximate surface area is 190 Å². The van der Waals surface area contributed by atoms with Gasteiger partial charge in [0.2, 0.25) is 5.91 Å². The minimum atomic E-state index is -0.388. The van der Waals surface area contributed by atoms with Gasteiger partial charge in [-0.1, -0.05) is 11.8 Å². The minimum Gasteiger partial charge on any atom is -0.462 e. The van der Waals surface area contributed by atoms with E-state index in [2.05, 4.69) is 16.4 Å². The molecule has 3 rings (SSSR count). The van der Waals surface area contributed by atoms with Crippen molar-refractivity contribution in [1.82, 2.24) is 4.98 Å². The number of carbonyl (C=O) groups is 2. The van der Waals surface area contributed by atoms with Crippen LogP contribution < -0.4 is 5.32 Å². The van der Waals surface area contributed by atoms with Crippen molar-refractivity contribution < 1.29 is 19.1 Å². The van der Waals surface area contributed by atoms with E-state index in [0.29, 0.717) is 27.8 Å². The zero-order chi connectivity index (χ0) is 22.4. The maximum Gasteiger partial charge on any atom is 0.341 e. The molecular formula is C22H25N3O4S2. The number of thioether (sulfide) groups is 1. The van der Waals surface area contributed by atoms with Gasteiger partial charge in [-0.05, 0) is 56.7 Å². The number of fused-ring (bicyclic) bond motifs is 1. The molecule has 1 aliphatic carbocycles. The summed E-state index contributed by atoms with van der Waals surface area (Å²) in [5, 5.41) is 13.5. The zero-order valence-electron chi connectivity index (χ0n) is 17.9. The number of anilines is 1. The number of amides is 1. The topological polar surface area (TPSA) is 101 Å². The molecule has 2 aromatic rings. The Bertz CT molecular complexity index is 1030. The number of nitriles is 1. The summed E-state index contributed by atoms with van der Waals surface area (Å²) in [5.74, 6) is -0.571. The molecule has 9 heteroatoms. The van der Waals surface area contributed by atoms with Crippen molar-refractivity contribution in [1.29, 1.82) is 5.26 Å². The van der Waals surface area contributed by atoms with Crippen LogP contribution in [0.5, 0.6) is 0 Å². The molecule has 1 N–H and O–H groups in total. The van der Waals surface area contributed by atoms with E-state index >= 15 is 0 Å². The van der Waals surface area contributed by atoms with Crippen LogP contribution >= 0.6 is 23.1 Å². The number of methoxy groups -OCH3 is 1. The van der Waals surface area contributed by atoms with Crippen LogP contribution in [0.25, 0.3) is 0 Å². The van der Waals surface area contributed by atoms with E-state index in [1.807, 2.05) is 13.0 Å². The van der Waals surface area contributed by atoms with Gasteiger partial charge in [0.05, 0.1) is 30.1 Å². The smallest absolute Gasteiger partial charge is 0.341 e. The molecule has 31 heavy (non-hydrogen) atoms. The fourth-order valence-electron chi connectivity index (χ4n) is 3.57. The summed E-state index contributed by atoms with van der Waals surface area (Å²) >= 11 is 2.66. The van der Waals surface area contributed by atoms with Gasteiger partial charge >= 0.3 is 5.97 Å². The maximum absolute atomic E-state index is 12.7. The van der Waals surface area contributed by atoms with Gasteiger partial charge in [0, 0.05) is 17.7 Å². The average Bonchev–Trinajstić information content (AvgIpc) is 3.10. The van der Waals surface area contributed by atoms with E-state index in [0.717, 1.165) is 47.4 Å². The molecule has 0 unspecified atom stereocenters. The van der Waals surface area contributed by atoms with Gasteiger partial charge in [-0.15, -0.1) is 11.3 Å². The monoisotopic (exact) mass is 459 g/mol. The lowest BCUT2D eigenvalue weighted by Crippen LogP contribution is -2.17. The van der Waals surface area contributed by atoms with Crippen molar-refractivity contribution in [2.75, 3.05) is 24.8 Å². The van der Waals surface area contributed by atoms with Crippen molar-refractivity contribution in [3.63, 3.8) is 0 Å². The van der Waals surface area contributed by atoms with Crippen LogP contribution in [0.15, 0.2) is 11.1 Å². The van der Waals surface area contributed by atoms with Gasteiger partial charge in [-0.25, -0.2) is 9.78 Å². The summed E-state index contributed by atoms with van der Waals surface area (Å²) in [4.78, 5) is 30.8. The Morgan fingerprint density at radius 2 is 2.13 bits per heavy atom. The van der Waals surface area contributed by atoms with Crippen LogP contribution in [0.3, 0.4) is 0 Å². The van der Waals surface area contributed by atoms with E-state index in [-0.39, 0.29) is 24.2 Å². The number of carbonyl (C=O) groups excluding carboxylic acids is 2. The molecule has 1 amide bonds. The molecule has 0 aromatic carbocycles. The Morgan fingerprint density at radius 3 is 2.84 bits per heavy atom. The summed E-state index contributed by atoms with van der Waals surface area (Å²) in [5.41, 5.74) is 3.42. The molecule has 1 aliphatic rings. The molecule has 0 atom stereocenters. The molecule has 164 valence electrons. The lowest BCUT2D eigenvalue weighted by atomic mass is 9.95. The second-order valence-electron chi connectivity index (χ2n) is 7.12. The number of thiophene rings is 1. The second kappa shape index (κ2) is 10.8. The molecular weight excluding hydrogens is 434 g/mol. The number of aromatic nitrogens is 1. The minimum absolute atomic E-state index is 0.0718. The molecule has 7 nitrogen and oxygen atoms in total. The fraction of sp³-hybridized carbons (Fsp3) is 0.455. The van der Waals surface area contributed by atoms with Gasteiger partial charge in [-0.2, -0.15) is 5.26 Å². The van der Waals surface area contributed by atoms with Crippen LogP contribution in [0.2, 0.25) is 0 Å². The SMILES string of the molecule is CCOC(=O)c1c(NC(=O)CSc2nc(C)cc(COC)c2C#N)sc2c1CCCC2. The normalized spacial score (nSPS) is 12.7. The number of hydrogen-bond acceptors (Lipinski definition) is 8. The highest BCUT2D eigenvalue weighted by atomic mass is 32.2. The number of nitrogens with one attached hydrogen (secondary N) is 1. The first-order valence-electron chi connectivity index (χ1n) is 10.1. The Morgan fingerprint density at radius 1 is 1.35 bits per heavy atom. The molecule has 2 heterocycles. The van der Waals surface area contributed by atoms with Crippen molar-refractivity contribution >= 4 is 40.0 Å².